The van der Waals surface area contributed by atoms with Crippen molar-refractivity contribution in [1.29, 1.82) is 0 Å². The van der Waals surface area contributed by atoms with Crippen LogP contribution >= 0.6 is 0 Å². The fourth-order valence-electron chi connectivity index (χ4n) is 3.44. The monoisotopic (exact) mass is 337 g/mol. The van der Waals surface area contributed by atoms with Crippen molar-refractivity contribution in [1.82, 2.24) is 9.97 Å². The summed E-state index contributed by atoms with van der Waals surface area (Å²) < 4.78 is 0. The number of aromatic amines is 1. The zero-order valence-electron chi connectivity index (χ0n) is 13.9. The number of carbonyl (C=O) groups is 1. The number of pyridine rings is 1. The van der Waals surface area contributed by atoms with E-state index >= 15 is 0 Å². The molecule has 0 bridgehead atoms. The van der Waals surface area contributed by atoms with Crippen LogP contribution in [0.4, 0.5) is 5.69 Å². The van der Waals surface area contributed by atoms with Gasteiger partial charge in [0.15, 0.2) is 0 Å². The van der Waals surface area contributed by atoms with Gasteiger partial charge in [0, 0.05) is 51.9 Å². The first-order chi connectivity index (χ1) is 12.8. The first-order valence-corrected chi connectivity index (χ1v) is 8.43. The van der Waals surface area contributed by atoms with Crippen LogP contribution in [0.1, 0.15) is 11.1 Å². The molecule has 0 saturated carbocycles. The van der Waals surface area contributed by atoms with Crippen LogP contribution in [0.2, 0.25) is 0 Å². The second-order valence-corrected chi connectivity index (χ2v) is 6.30. The predicted octanol–water partition coefficient (Wildman–Crippen LogP) is 4.72. The molecule has 1 aliphatic rings. The normalized spacial score (nSPS) is 14.6. The van der Waals surface area contributed by atoms with Crippen molar-refractivity contribution in [2.75, 3.05) is 5.32 Å². The Kier molecular flexibility index (Phi) is 3.22. The molecule has 1 aliphatic heterocycles. The average molecular weight is 337 g/mol. The molecule has 4 heteroatoms. The quantitative estimate of drug-likeness (QED) is 0.520. The number of anilines is 1. The molecule has 26 heavy (non-hydrogen) atoms. The van der Waals surface area contributed by atoms with Gasteiger partial charge in [-0.05, 0) is 41.5 Å². The fraction of sp³-hybridized carbons (Fsp3) is 0. The molecule has 1 amide bonds. The summed E-state index contributed by atoms with van der Waals surface area (Å²) in [4.78, 5) is 19.9. The third-order valence-electron chi connectivity index (χ3n) is 4.73. The van der Waals surface area contributed by atoms with E-state index in [-0.39, 0.29) is 5.91 Å². The second kappa shape index (κ2) is 5.70. The Bertz CT molecular complexity index is 1170. The highest BCUT2D eigenvalue weighted by Crippen LogP contribution is 2.36. The molecule has 0 saturated heterocycles. The third kappa shape index (κ3) is 2.31. The van der Waals surface area contributed by atoms with Crippen LogP contribution in [-0.2, 0) is 4.79 Å². The Labute approximate surface area is 150 Å². The Morgan fingerprint density at radius 1 is 0.962 bits per heavy atom. The highest BCUT2D eigenvalue weighted by atomic mass is 16.2. The van der Waals surface area contributed by atoms with E-state index in [1.807, 2.05) is 73.1 Å². The minimum Gasteiger partial charge on any atom is -0.361 e. The number of carbonyl (C=O) groups excluding carboxylic acids is 1. The van der Waals surface area contributed by atoms with Crippen LogP contribution in [-0.4, -0.2) is 15.9 Å². The predicted molar refractivity (Wildman–Crippen MR) is 104 cm³/mol. The molecule has 0 unspecified atom stereocenters. The number of H-pyrrole nitrogens is 1. The molecule has 0 aliphatic carbocycles. The van der Waals surface area contributed by atoms with Gasteiger partial charge in [-0.15, -0.1) is 0 Å². The largest absolute Gasteiger partial charge is 0.361 e. The molecule has 2 N–H and O–H groups in total. The molecule has 0 fully saturated rings. The van der Waals surface area contributed by atoms with Crippen LogP contribution in [0, 0.1) is 0 Å². The van der Waals surface area contributed by atoms with E-state index < -0.39 is 0 Å². The third-order valence-corrected chi connectivity index (χ3v) is 4.73. The molecule has 2 aromatic carbocycles. The van der Waals surface area contributed by atoms with E-state index in [0.717, 1.165) is 38.8 Å². The van der Waals surface area contributed by atoms with Gasteiger partial charge in [-0.25, -0.2) is 0 Å². The maximum atomic E-state index is 12.6. The summed E-state index contributed by atoms with van der Waals surface area (Å²) in [6.45, 7) is 0. The van der Waals surface area contributed by atoms with Gasteiger partial charge in [-0.1, -0.05) is 30.3 Å². The van der Waals surface area contributed by atoms with Gasteiger partial charge in [0.25, 0.3) is 5.91 Å². The Morgan fingerprint density at radius 3 is 2.81 bits per heavy atom. The summed E-state index contributed by atoms with van der Waals surface area (Å²) in [6.07, 6.45) is 7.44. The molecule has 4 nitrogen and oxygen atoms in total. The highest BCUT2D eigenvalue weighted by molar-refractivity contribution is 6.35. The number of nitrogens with zero attached hydrogens (tertiary/aromatic N) is 1. The molecule has 4 aromatic rings. The summed E-state index contributed by atoms with van der Waals surface area (Å²) in [5.41, 5.74) is 6.60. The molecule has 3 heterocycles. The number of rotatable bonds is 2. The topological polar surface area (TPSA) is 57.8 Å². The van der Waals surface area contributed by atoms with Crippen molar-refractivity contribution in [2.24, 2.45) is 0 Å². The lowest BCUT2D eigenvalue weighted by Crippen LogP contribution is -2.03. The first kappa shape index (κ1) is 14.7. The summed E-state index contributed by atoms with van der Waals surface area (Å²) >= 11 is 0. The molecular formula is C22H15N3O. The van der Waals surface area contributed by atoms with Crippen molar-refractivity contribution < 1.29 is 4.79 Å². The molecule has 0 radical (unpaired) electrons. The number of nitrogens with one attached hydrogen (secondary N) is 2. The zero-order chi connectivity index (χ0) is 17.5. The molecule has 0 atom stereocenters. The van der Waals surface area contributed by atoms with Gasteiger partial charge in [0.2, 0.25) is 0 Å². The van der Waals surface area contributed by atoms with Crippen LogP contribution in [0.15, 0.2) is 73.2 Å². The molecule has 124 valence electrons. The van der Waals surface area contributed by atoms with Gasteiger partial charge in [-0.3, -0.25) is 9.78 Å². The number of benzene rings is 2. The Morgan fingerprint density at radius 2 is 1.92 bits per heavy atom. The van der Waals surface area contributed by atoms with E-state index in [2.05, 4.69) is 15.3 Å². The Balaban J connectivity index is 1.61. The van der Waals surface area contributed by atoms with Crippen molar-refractivity contribution in [3.8, 4) is 11.1 Å². The lowest BCUT2D eigenvalue weighted by Gasteiger charge is -2.04. The van der Waals surface area contributed by atoms with Crippen molar-refractivity contribution in [3.05, 3.63) is 84.3 Å². The van der Waals surface area contributed by atoms with Crippen LogP contribution in [0.3, 0.4) is 0 Å². The van der Waals surface area contributed by atoms with Crippen LogP contribution in [0.5, 0.6) is 0 Å². The summed E-state index contributed by atoms with van der Waals surface area (Å²) in [5, 5.41) is 4.09. The molecule has 2 aromatic heterocycles. The molecule has 0 spiro atoms. The minimum atomic E-state index is -0.0733. The Hall–Kier alpha value is -3.66. The summed E-state index contributed by atoms with van der Waals surface area (Å²) in [7, 11) is 0. The van der Waals surface area contributed by atoms with Gasteiger partial charge in [0.1, 0.15) is 0 Å². The minimum absolute atomic E-state index is 0.0733. The average Bonchev–Trinajstić information content (AvgIpc) is 3.27. The second-order valence-electron chi connectivity index (χ2n) is 6.30. The van der Waals surface area contributed by atoms with Crippen molar-refractivity contribution in [2.45, 2.75) is 0 Å². The van der Waals surface area contributed by atoms with E-state index in [4.69, 9.17) is 0 Å². The van der Waals surface area contributed by atoms with Gasteiger partial charge in [-0.2, -0.15) is 0 Å². The SMILES string of the molecule is O=C1Nc2cc(-c3cccnc3)ccc2C1=Cc1cccc2[nH]ccc12. The molecular weight excluding hydrogens is 322 g/mol. The zero-order valence-corrected chi connectivity index (χ0v) is 13.9. The summed E-state index contributed by atoms with van der Waals surface area (Å²) in [6, 6.07) is 18.0. The first-order valence-electron chi connectivity index (χ1n) is 8.43. The lowest BCUT2D eigenvalue weighted by molar-refractivity contribution is -0.110. The number of hydrogen-bond donors (Lipinski definition) is 2. The number of aromatic nitrogens is 2. The fourth-order valence-corrected chi connectivity index (χ4v) is 3.44. The highest BCUT2D eigenvalue weighted by Gasteiger charge is 2.24. The van der Waals surface area contributed by atoms with E-state index in [9.17, 15) is 4.79 Å². The van der Waals surface area contributed by atoms with Crippen molar-refractivity contribution in [3.63, 3.8) is 0 Å². The number of amides is 1. The summed E-state index contributed by atoms with van der Waals surface area (Å²) in [5.74, 6) is -0.0733. The van der Waals surface area contributed by atoms with E-state index in [0.29, 0.717) is 5.57 Å². The maximum absolute atomic E-state index is 12.6. The van der Waals surface area contributed by atoms with Crippen LogP contribution in [0.25, 0.3) is 33.7 Å². The number of hydrogen-bond acceptors (Lipinski definition) is 2. The van der Waals surface area contributed by atoms with Crippen LogP contribution < -0.4 is 5.32 Å². The van der Waals surface area contributed by atoms with Gasteiger partial charge in [0.05, 0.1) is 0 Å². The number of fused-ring (bicyclic) bond motifs is 2. The smallest absolute Gasteiger partial charge is 0.256 e. The van der Waals surface area contributed by atoms with Crippen molar-refractivity contribution >= 4 is 34.1 Å². The standard InChI is InChI=1S/C22H15N3O/c26-22-19(11-15-3-1-5-20-17(15)8-10-24-20)18-7-6-14(12-21(18)25-22)16-4-2-9-23-13-16/h1-13,24H,(H,25,26). The van der Waals surface area contributed by atoms with E-state index in [1.165, 1.54) is 0 Å². The van der Waals surface area contributed by atoms with Gasteiger partial charge >= 0.3 is 0 Å². The van der Waals surface area contributed by atoms with E-state index in [1.54, 1.807) is 6.20 Å². The molecule has 5 rings (SSSR count). The van der Waals surface area contributed by atoms with Gasteiger partial charge < -0.3 is 10.3 Å². The maximum Gasteiger partial charge on any atom is 0.256 e. The lowest BCUT2D eigenvalue weighted by atomic mass is 9.99.